The Hall–Kier alpha value is -3.14. The minimum Gasteiger partial charge on any atom is -0.450 e. The van der Waals surface area contributed by atoms with Crippen molar-refractivity contribution < 1.29 is 27.1 Å². The Morgan fingerprint density at radius 3 is 2.35 bits per heavy atom. The number of benzene rings is 2. The lowest BCUT2D eigenvalue weighted by Gasteiger charge is -2.34. The fraction of sp³-hybridized carbons (Fsp3) is 0.333. The average Bonchev–Trinajstić information content (AvgIpc) is 2.75. The van der Waals surface area contributed by atoms with Gasteiger partial charge in [0.2, 0.25) is 0 Å². The number of ether oxygens (including phenoxy) is 1. The van der Waals surface area contributed by atoms with Crippen molar-refractivity contribution in [2.45, 2.75) is 18.7 Å². The summed E-state index contributed by atoms with van der Waals surface area (Å²) in [6.45, 7) is 4.99. The molecule has 1 aliphatic heterocycles. The predicted octanol–water partition coefficient (Wildman–Crippen LogP) is 2.85. The molecule has 166 valence electrons. The fourth-order valence-corrected chi connectivity index (χ4v) is 4.32. The highest BCUT2D eigenvalue weighted by atomic mass is 32.2. The van der Waals surface area contributed by atoms with Gasteiger partial charge in [0, 0.05) is 31.7 Å². The van der Waals surface area contributed by atoms with Crippen LogP contribution in [-0.2, 0) is 14.8 Å². The van der Waals surface area contributed by atoms with Crippen molar-refractivity contribution >= 4 is 27.7 Å². The third kappa shape index (κ3) is 5.13. The fourth-order valence-electron chi connectivity index (χ4n) is 3.22. The zero-order valence-corrected chi connectivity index (χ0v) is 18.1. The summed E-state index contributed by atoms with van der Waals surface area (Å²) in [6.07, 6.45) is -0.418. The maximum absolute atomic E-state index is 13.9. The van der Waals surface area contributed by atoms with Crippen molar-refractivity contribution in [2.75, 3.05) is 37.5 Å². The van der Waals surface area contributed by atoms with Gasteiger partial charge >= 0.3 is 6.09 Å². The number of hydrogen-bond donors (Lipinski definition) is 1. The molecule has 1 saturated heterocycles. The standard InChI is InChI=1S/C21H24FN3O5S/c1-3-30-21(27)25-12-10-24(11-13-25)20(26)17-14-16(9-8-15(17)2)31(28,29)23-19-7-5-4-6-18(19)22/h4-9,14,23H,3,10-13H2,1-2H3. The van der Waals surface area contributed by atoms with Crippen LogP contribution in [0.2, 0.25) is 0 Å². The number of halogens is 1. The summed E-state index contributed by atoms with van der Waals surface area (Å²) in [5.74, 6) is -1.03. The number of aryl methyl sites for hydroxylation is 1. The summed E-state index contributed by atoms with van der Waals surface area (Å²) >= 11 is 0. The summed E-state index contributed by atoms with van der Waals surface area (Å²) in [6, 6.07) is 9.64. The van der Waals surface area contributed by atoms with Gasteiger partial charge in [-0.25, -0.2) is 17.6 Å². The first-order valence-corrected chi connectivity index (χ1v) is 11.3. The summed E-state index contributed by atoms with van der Waals surface area (Å²) in [5, 5.41) is 0. The molecule has 0 aromatic heterocycles. The summed E-state index contributed by atoms with van der Waals surface area (Å²) < 4.78 is 46.5. The van der Waals surface area contributed by atoms with Crippen LogP contribution in [0.4, 0.5) is 14.9 Å². The number of nitrogens with zero attached hydrogens (tertiary/aromatic N) is 2. The van der Waals surface area contributed by atoms with Gasteiger partial charge in [-0.15, -0.1) is 0 Å². The van der Waals surface area contributed by atoms with Crippen LogP contribution in [-0.4, -0.2) is 63.0 Å². The number of hydrogen-bond acceptors (Lipinski definition) is 5. The number of amides is 2. The second-order valence-electron chi connectivity index (χ2n) is 7.04. The Morgan fingerprint density at radius 2 is 1.71 bits per heavy atom. The number of anilines is 1. The Morgan fingerprint density at radius 1 is 1.06 bits per heavy atom. The van der Waals surface area contributed by atoms with E-state index in [1.807, 2.05) is 0 Å². The van der Waals surface area contributed by atoms with Crippen LogP contribution in [0, 0.1) is 12.7 Å². The van der Waals surface area contributed by atoms with E-state index in [4.69, 9.17) is 4.74 Å². The zero-order valence-electron chi connectivity index (χ0n) is 17.3. The first-order chi connectivity index (χ1) is 14.7. The maximum atomic E-state index is 13.9. The lowest BCUT2D eigenvalue weighted by atomic mass is 10.1. The molecule has 0 saturated carbocycles. The monoisotopic (exact) mass is 449 g/mol. The van der Waals surface area contributed by atoms with E-state index in [1.54, 1.807) is 18.7 Å². The molecule has 1 N–H and O–H groups in total. The average molecular weight is 450 g/mol. The zero-order chi connectivity index (χ0) is 22.6. The highest BCUT2D eigenvalue weighted by molar-refractivity contribution is 7.92. The predicted molar refractivity (Wildman–Crippen MR) is 113 cm³/mol. The second-order valence-corrected chi connectivity index (χ2v) is 8.72. The molecule has 0 unspecified atom stereocenters. The van der Waals surface area contributed by atoms with E-state index in [0.717, 1.165) is 6.07 Å². The van der Waals surface area contributed by atoms with Crippen LogP contribution in [0.1, 0.15) is 22.8 Å². The van der Waals surface area contributed by atoms with Gasteiger partial charge in [-0.2, -0.15) is 0 Å². The number of carbonyl (C=O) groups is 2. The molecule has 31 heavy (non-hydrogen) atoms. The second kappa shape index (κ2) is 9.34. The molecule has 1 heterocycles. The van der Waals surface area contributed by atoms with Gasteiger partial charge in [-0.1, -0.05) is 18.2 Å². The Kier molecular flexibility index (Phi) is 6.79. The lowest BCUT2D eigenvalue weighted by molar-refractivity contribution is 0.0569. The number of rotatable bonds is 5. The minimum atomic E-state index is -4.10. The van der Waals surface area contributed by atoms with Crippen molar-refractivity contribution in [3.8, 4) is 0 Å². The van der Waals surface area contributed by atoms with Crippen molar-refractivity contribution in [2.24, 2.45) is 0 Å². The molecule has 0 radical (unpaired) electrons. The van der Waals surface area contributed by atoms with Gasteiger partial charge in [0.1, 0.15) is 5.82 Å². The molecule has 10 heteroatoms. The molecule has 3 rings (SSSR count). The molecule has 1 fully saturated rings. The first kappa shape index (κ1) is 22.5. The van der Waals surface area contributed by atoms with Gasteiger partial charge in [0.05, 0.1) is 17.2 Å². The molecule has 0 bridgehead atoms. The number of nitrogens with one attached hydrogen (secondary N) is 1. The third-order valence-electron chi connectivity index (χ3n) is 4.96. The topological polar surface area (TPSA) is 96.0 Å². The van der Waals surface area contributed by atoms with E-state index in [1.165, 1.54) is 41.3 Å². The van der Waals surface area contributed by atoms with Crippen LogP contribution in [0.15, 0.2) is 47.4 Å². The number of piperazine rings is 1. The van der Waals surface area contributed by atoms with E-state index in [-0.39, 0.29) is 28.7 Å². The van der Waals surface area contributed by atoms with Crippen LogP contribution >= 0.6 is 0 Å². The molecular weight excluding hydrogens is 425 g/mol. The molecule has 0 spiro atoms. The molecule has 2 amide bonds. The highest BCUT2D eigenvalue weighted by Crippen LogP contribution is 2.22. The first-order valence-electron chi connectivity index (χ1n) is 9.82. The quantitative estimate of drug-likeness (QED) is 0.757. The Bertz CT molecular complexity index is 1080. The number of para-hydroxylation sites is 1. The van der Waals surface area contributed by atoms with Gasteiger partial charge in [0.15, 0.2) is 0 Å². The van der Waals surface area contributed by atoms with E-state index >= 15 is 0 Å². The maximum Gasteiger partial charge on any atom is 0.409 e. The smallest absolute Gasteiger partial charge is 0.409 e. The molecular formula is C21H24FN3O5S. The van der Waals surface area contributed by atoms with Crippen molar-refractivity contribution in [3.63, 3.8) is 0 Å². The molecule has 8 nitrogen and oxygen atoms in total. The van der Waals surface area contributed by atoms with Gasteiger partial charge in [-0.3, -0.25) is 9.52 Å². The van der Waals surface area contributed by atoms with Crippen molar-refractivity contribution in [3.05, 3.63) is 59.4 Å². The molecule has 0 aliphatic carbocycles. The molecule has 2 aromatic rings. The van der Waals surface area contributed by atoms with Crippen LogP contribution in [0.5, 0.6) is 0 Å². The molecule has 1 aliphatic rings. The Balaban J connectivity index is 1.77. The summed E-state index contributed by atoms with van der Waals surface area (Å²) in [7, 11) is -4.10. The van der Waals surface area contributed by atoms with E-state index < -0.39 is 21.9 Å². The van der Waals surface area contributed by atoms with E-state index in [2.05, 4.69) is 4.72 Å². The van der Waals surface area contributed by atoms with Gasteiger partial charge in [-0.05, 0) is 43.7 Å². The molecule has 0 atom stereocenters. The third-order valence-corrected chi connectivity index (χ3v) is 6.32. The minimum absolute atomic E-state index is 0.144. The Labute approximate surface area is 180 Å². The normalized spacial score (nSPS) is 14.3. The lowest BCUT2D eigenvalue weighted by Crippen LogP contribution is -2.50. The SMILES string of the molecule is CCOC(=O)N1CCN(C(=O)c2cc(S(=O)(=O)Nc3ccccc3F)ccc2C)CC1. The summed E-state index contributed by atoms with van der Waals surface area (Å²) in [4.78, 5) is 27.8. The number of sulfonamides is 1. The van der Waals surface area contributed by atoms with Crippen molar-refractivity contribution in [1.29, 1.82) is 0 Å². The van der Waals surface area contributed by atoms with E-state index in [0.29, 0.717) is 31.7 Å². The van der Waals surface area contributed by atoms with Crippen LogP contribution in [0.3, 0.4) is 0 Å². The van der Waals surface area contributed by atoms with E-state index in [9.17, 15) is 22.4 Å². The highest BCUT2D eigenvalue weighted by Gasteiger charge is 2.27. The van der Waals surface area contributed by atoms with Crippen LogP contribution < -0.4 is 4.72 Å². The van der Waals surface area contributed by atoms with Crippen molar-refractivity contribution in [1.82, 2.24) is 9.80 Å². The largest absolute Gasteiger partial charge is 0.450 e. The van der Waals surface area contributed by atoms with Crippen LogP contribution in [0.25, 0.3) is 0 Å². The molecule has 2 aromatic carbocycles. The van der Waals surface area contributed by atoms with Gasteiger partial charge in [0.25, 0.3) is 15.9 Å². The van der Waals surface area contributed by atoms with Gasteiger partial charge < -0.3 is 14.5 Å². The number of carbonyl (C=O) groups excluding carboxylic acids is 2. The summed E-state index contributed by atoms with van der Waals surface area (Å²) in [5.41, 5.74) is 0.676.